The van der Waals surface area contributed by atoms with Gasteiger partial charge in [-0.2, -0.15) is 4.31 Å². The van der Waals surface area contributed by atoms with Crippen molar-refractivity contribution in [2.45, 2.75) is 61.1 Å². The predicted octanol–water partition coefficient (Wildman–Crippen LogP) is 5.72. The number of thioether (sulfide) groups is 1. The van der Waals surface area contributed by atoms with E-state index in [9.17, 15) is 12.8 Å². The van der Waals surface area contributed by atoms with Crippen molar-refractivity contribution < 1.29 is 17.5 Å². The normalized spacial score (nSPS) is 21.7. The second kappa shape index (κ2) is 10.4. The summed E-state index contributed by atoms with van der Waals surface area (Å²) in [6.07, 6.45) is 4.04. The van der Waals surface area contributed by atoms with Crippen LogP contribution in [0.1, 0.15) is 38.2 Å². The molecule has 2 fully saturated rings. The molecule has 1 aromatic heterocycles. The van der Waals surface area contributed by atoms with Crippen LogP contribution in [-0.4, -0.2) is 48.1 Å². The standard InChI is InChI=1S/C25H29ClFN3O3S2/c1-17-4-2-10-29(14-17)35(31,32)21-8-9-24-23(13-21)28-25(30(24)15-20-5-3-11-33-20)34-16-18-6-7-19(27)12-22(18)26/h6-9,12-13,17,20H,2-5,10-11,14-16H2,1H3. The lowest BCUT2D eigenvalue weighted by Gasteiger charge is -2.30. The summed E-state index contributed by atoms with van der Waals surface area (Å²) in [5, 5.41) is 1.14. The zero-order chi connectivity index (χ0) is 24.6. The molecule has 2 aromatic carbocycles. The number of halogens is 2. The molecule has 2 atom stereocenters. The Morgan fingerprint density at radius 1 is 1.20 bits per heavy atom. The first-order chi connectivity index (χ1) is 16.8. The number of hydrogen-bond acceptors (Lipinski definition) is 5. The molecule has 0 amide bonds. The fourth-order valence-corrected chi connectivity index (χ4v) is 7.78. The molecule has 2 aliphatic heterocycles. The van der Waals surface area contributed by atoms with Crippen molar-refractivity contribution >= 4 is 44.4 Å². The molecule has 188 valence electrons. The van der Waals surface area contributed by atoms with E-state index in [0.717, 1.165) is 48.5 Å². The largest absolute Gasteiger partial charge is 0.376 e. The summed E-state index contributed by atoms with van der Waals surface area (Å²) in [6, 6.07) is 9.62. The highest BCUT2D eigenvalue weighted by molar-refractivity contribution is 7.98. The molecule has 2 aliphatic rings. The Bertz CT molecular complexity index is 1320. The molecule has 2 saturated heterocycles. The molecule has 0 saturated carbocycles. The minimum absolute atomic E-state index is 0.0967. The molecule has 6 nitrogen and oxygen atoms in total. The Hall–Kier alpha value is -1.65. The molecule has 3 heterocycles. The van der Waals surface area contributed by atoms with E-state index in [1.54, 1.807) is 22.5 Å². The number of benzene rings is 2. The monoisotopic (exact) mass is 537 g/mol. The smallest absolute Gasteiger partial charge is 0.243 e. The molecule has 10 heteroatoms. The SMILES string of the molecule is CC1CCCN(S(=O)(=O)c2ccc3c(c2)nc(SCc2ccc(F)cc2Cl)n3CC2CCCO2)C1. The van der Waals surface area contributed by atoms with E-state index in [0.29, 0.717) is 41.8 Å². The zero-order valence-electron chi connectivity index (χ0n) is 19.6. The predicted molar refractivity (Wildman–Crippen MR) is 137 cm³/mol. The third-order valence-electron chi connectivity index (χ3n) is 6.72. The number of fused-ring (bicyclic) bond motifs is 1. The van der Waals surface area contributed by atoms with Gasteiger partial charge in [0.1, 0.15) is 5.82 Å². The van der Waals surface area contributed by atoms with Gasteiger partial charge in [0.15, 0.2) is 5.16 Å². The van der Waals surface area contributed by atoms with Crippen molar-refractivity contribution in [3.63, 3.8) is 0 Å². The lowest BCUT2D eigenvalue weighted by atomic mass is 10.0. The Kier molecular flexibility index (Phi) is 7.42. The number of ether oxygens (including phenoxy) is 1. The van der Waals surface area contributed by atoms with Gasteiger partial charge in [0.05, 0.1) is 28.6 Å². The maximum Gasteiger partial charge on any atom is 0.243 e. The molecule has 3 aromatic rings. The number of nitrogens with zero attached hydrogens (tertiary/aromatic N) is 3. The maximum atomic E-state index is 13.5. The van der Waals surface area contributed by atoms with Crippen LogP contribution in [0.25, 0.3) is 11.0 Å². The lowest BCUT2D eigenvalue weighted by Crippen LogP contribution is -2.39. The van der Waals surface area contributed by atoms with Crippen LogP contribution >= 0.6 is 23.4 Å². The first-order valence-corrected chi connectivity index (χ1v) is 14.8. The van der Waals surface area contributed by atoms with Gasteiger partial charge in [-0.15, -0.1) is 0 Å². The van der Waals surface area contributed by atoms with Gasteiger partial charge in [0.25, 0.3) is 0 Å². The van der Waals surface area contributed by atoms with Crippen LogP contribution in [0.3, 0.4) is 0 Å². The molecular formula is C25H29ClFN3O3S2. The number of sulfonamides is 1. The van der Waals surface area contributed by atoms with Gasteiger partial charge in [-0.1, -0.05) is 36.4 Å². The highest BCUT2D eigenvalue weighted by atomic mass is 35.5. The summed E-state index contributed by atoms with van der Waals surface area (Å²) < 4.78 is 49.7. The van der Waals surface area contributed by atoms with Crippen LogP contribution in [0, 0.1) is 11.7 Å². The molecule has 0 spiro atoms. The minimum atomic E-state index is -3.58. The molecule has 0 bridgehead atoms. The van der Waals surface area contributed by atoms with Crippen molar-refractivity contribution in [2.24, 2.45) is 5.92 Å². The van der Waals surface area contributed by atoms with Gasteiger partial charge in [0, 0.05) is 30.5 Å². The first-order valence-electron chi connectivity index (χ1n) is 12.0. The van der Waals surface area contributed by atoms with Crippen molar-refractivity contribution in [1.29, 1.82) is 0 Å². The highest BCUT2D eigenvalue weighted by Gasteiger charge is 2.29. The van der Waals surface area contributed by atoms with E-state index < -0.39 is 10.0 Å². The average molecular weight is 538 g/mol. The van der Waals surface area contributed by atoms with E-state index >= 15 is 0 Å². The number of aromatic nitrogens is 2. The van der Waals surface area contributed by atoms with Crippen LogP contribution in [0.5, 0.6) is 0 Å². The van der Waals surface area contributed by atoms with Gasteiger partial charge in [-0.3, -0.25) is 0 Å². The first kappa shape index (κ1) is 25.0. The fourth-order valence-electron chi connectivity index (χ4n) is 4.82. The summed E-state index contributed by atoms with van der Waals surface area (Å²) >= 11 is 7.74. The Morgan fingerprint density at radius 3 is 2.80 bits per heavy atom. The van der Waals surface area contributed by atoms with E-state index in [1.165, 1.54) is 23.9 Å². The van der Waals surface area contributed by atoms with Gasteiger partial charge in [-0.05, 0) is 67.5 Å². The van der Waals surface area contributed by atoms with Crippen LogP contribution < -0.4 is 0 Å². The molecule has 0 aliphatic carbocycles. The minimum Gasteiger partial charge on any atom is -0.376 e. The Balaban J connectivity index is 1.47. The molecule has 0 N–H and O–H groups in total. The number of rotatable bonds is 7. The summed E-state index contributed by atoms with van der Waals surface area (Å²) in [5.74, 6) is 0.505. The van der Waals surface area contributed by atoms with Crippen LogP contribution in [-0.2, 0) is 27.1 Å². The third-order valence-corrected chi connectivity index (χ3v) is 9.96. The number of hydrogen-bond donors (Lipinski definition) is 0. The van der Waals surface area contributed by atoms with Crippen molar-refractivity contribution in [1.82, 2.24) is 13.9 Å². The van der Waals surface area contributed by atoms with Gasteiger partial charge in [0.2, 0.25) is 10.0 Å². The summed E-state index contributed by atoms with van der Waals surface area (Å²) in [4.78, 5) is 5.10. The van der Waals surface area contributed by atoms with Crippen molar-refractivity contribution in [3.05, 3.63) is 52.8 Å². The van der Waals surface area contributed by atoms with Crippen LogP contribution in [0.15, 0.2) is 46.5 Å². The molecular weight excluding hydrogens is 509 g/mol. The van der Waals surface area contributed by atoms with Gasteiger partial charge >= 0.3 is 0 Å². The maximum absolute atomic E-state index is 13.5. The zero-order valence-corrected chi connectivity index (χ0v) is 22.0. The van der Waals surface area contributed by atoms with Gasteiger partial charge < -0.3 is 9.30 Å². The van der Waals surface area contributed by atoms with Crippen LogP contribution in [0.2, 0.25) is 5.02 Å². The van der Waals surface area contributed by atoms with E-state index in [2.05, 4.69) is 11.5 Å². The van der Waals surface area contributed by atoms with E-state index in [-0.39, 0.29) is 16.8 Å². The van der Waals surface area contributed by atoms with Crippen LogP contribution in [0.4, 0.5) is 4.39 Å². The highest BCUT2D eigenvalue weighted by Crippen LogP contribution is 2.32. The van der Waals surface area contributed by atoms with Crippen molar-refractivity contribution in [2.75, 3.05) is 19.7 Å². The van der Waals surface area contributed by atoms with E-state index in [4.69, 9.17) is 21.3 Å². The summed E-state index contributed by atoms with van der Waals surface area (Å²) in [7, 11) is -3.58. The lowest BCUT2D eigenvalue weighted by molar-refractivity contribution is 0.0960. The second-order valence-corrected chi connectivity index (χ2v) is 12.7. The quantitative estimate of drug-likeness (QED) is 0.361. The third kappa shape index (κ3) is 5.39. The molecule has 0 radical (unpaired) electrons. The summed E-state index contributed by atoms with van der Waals surface area (Å²) in [5.41, 5.74) is 2.33. The Labute approximate surface area is 214 Å². The molecule has 2 unspecified atom stereocenters. The van der Waals surface area contributed by atoms with Crippen molar-refractivity contribution in [3.8, 4) is 0 Å². The number of imidazole rings is 1. The molecule has 5 rings (SSSR count). The molecule has 35 heavy (non-hydrogen) atoms. The topological polar surface area (TPSA) is 64.4 Å². The Morgan fingerprint density at radius 2 is 2.06 bits per heavy atom. The van der Waals surface area contributed by atoms with E-state index in [1.807, 2.05) is 6.07 Å². The van der Waals surface area contributed by atoms with Gasteiger partial charge in [-0.25, -0.2) is 17.8 Å². The fraction of sp³-hybridized carbons (Fsp3) is 0.480. The average Bonchev–Trinajstić information content (AvgIpc) is 3.46. The summed E-state index contributed by atoms with van der Waals surface area (Å²) in [6.45, 7) is 4.59. The second-order valence-electron chi connectivity index (χ2n) is 9.43. The number of piperidine rings is 1.